The SMILES string of the molecule is COCCOc1ccc(NC(=O)N[C@@H]2CCC[C@H]2C(N)=O)cn1. The standard InChI is InChI=1S/C15H22N4O4/c1-22-7-8-23-13-6-5-10(9-17-13)18-15(21)19-12-4-2-3-11(12)14(16)20/h5-6,9,11-12H,2-4,7-8H2,1H3,(H2,16,20)(H2,18,19,21)/t11-,12-/m1/s1. The Morgan fingerprint density at radius 3 is 2.83 bits per heavy atom. The van der Waals surface area contributed by atoms with E-state index >= 15 is 0 Å². The first-order valence-corrected chi connectivity index (χ1v) is 7.54. The number of primary amides is 1. The summed E-state index contributed by atoms with van der Waals surface area (Å²) in [6.45, 7) is 0.888. The van der Waals surface area contributed by atoms with Crippen LogP contribution in [0.15, 0.2) is 18.3 Å². The van der Waals surface area contributed by atoms with Crippen LogP contribution in [0.2, 0.25) is 0 Å². The summed E-state index contributed by atoms with van der Waals surface area (Å²) < 4.78 is 10.2. The number of carbonyl (C=O) groups is 2. The minimum atomic E-state index is -0.377. The molecule has 1 aliphatic carbocycles. The molecule has 2 rings (SSSR count). The minimum Gasteiger partial charge on any atom is -0.475 e. The highest BCUT2D eigenvalue weighted by Crippen LogP contribution is 2.25. The predicted molar refractivity (Wildman–Crippen MR) is 84.1 cm³/mol. The summed E-state index contributed by atoms with van der Waals surface area (Å²) in [5, 5.41) is 5.47. The summed E-state index contributed by atoms with van der Waals surface area (Å²) in [5.74, 6) is -0.208. The van der Waals surface area contributed by atoms with Gasteiger partial charge in [-0.05, 0) is 18.9 Å². The lowest BCUT2D eigenvalue weighted by Crippen LogP contribution is -2.44. The van der Waals surface area contributed by atoms with Crippen molar-refractivity contribution in [3.8, 4) is 5.88 Å². The van der Waals surface area contributed by atoms with E-state index in [9.17, 15) is 9.59 Å². The fourth-order valence-electron chi connectivity index (χ4n) is 2.58. The lowest BCUT2D eigenvalue weighted by Gasteiger charge is -2.18. The summed E-state index contributed by atoms with van der Waals surface area (Å²) in [6, 6.07) is 2.76. The van der Waals surface area contributed by atoms with Gasteiger partial charge in [0.2, 0.25) is 11.8 Å². The van der Waals surface area contributed by atoms with Crippen molar-refractivity contribution < 1.29 is 19.1 Å². The van der Waals surface area contributed by atoms with Crippen molar-refractivity contribution >= 4 is 17.6 Å². The van der Waals surface area contributed by atoms with Crippen molar-refractivity contribution in [2.24, 2.45) is 11.7 Å². The number of nitrogens with two attached hydrogens (primary N) is 1. The second-order valence-electron chi connectivity index (χ2n) is 5.37. The number of aromatic nitrogens is 1. The van der Waals surface area contributed by atoms with Crippen LogP contribution in [-0.4, -0.2) is 43.3 Å². The molecule has 1 aliphatic rings. The van der Waals surface area contributed by atoms with Gasteiger partial charge in [-0.25, -0.2) is 9.78 Å². The summed E-state index contributed by atoms with van der Waals surface area (Å²) >= 11 is 0. The number of ether oxygens (including phenoxy) is 2. The quantitative estimate of drug-likeness (QED) is 0.645. The molecule has 0 radical (unpaired) electrons. The molecule has 0 spiro atoms. The molecular weight excluding hydrogens is 300 g/mol. The zero-order chi connectivity index (χ0) is 16.7. The van der Waals surface area contributed by atoms with Crippen molar-refractivity contribution in [2.75, 3.05) is 25.6 Å². The average Bonchev–Trinajstić information content (AvgIpc) is 2.97. The van der Waals surface area contributed by atoms with Crippen LogP contribution < -0.4 is 21.1 Å². The number of methoxy groups -OCH3 is 1. The maximum atomic E-state index is 12.0. The molecule has 1 heterocycles. The molecule has 2 atom stereocenters. The van der Waals surface area contributed by atoms with Crippen LogP contribution in [0, 0.1) is 5.92 Å². The molecule has 126 valence electrons. The molecular formula is C15H22N4O4. The zero-order valence-electron chi connectivity index (χ0n) is 13.1. The van der Waals surface area contributed by atoms with Gasteiger partial charge < -0.3 is 25.8 Å². The molecule has 4 N–H and O–H groups in total. The van der Waals surface area contributed by atoms with Gasteiger partial charge in [-0.3, -0.25) is 4.79 Å². The van der Waals surface area contributed by atoms with Crippen LogP contribution in [0.1, 0.15) is 19.3 Å². The average molecular weight is 322 g/mol. The fourth-order valence-corrected chi connectivity index (χ4v) is 2.58. The molecule has 3 amide bonds. The Labute approximate surface area is 134 Å². The molecule has 8 heteroatoms. The molecule has 1 aromatic rings. The Morgan fingerprint density at radius 2 is 2.17 bits per heavy atom. The second-order valence-corrected chi connectivity index (χ2v) is 5.37. The zero-order valence-corrected chi connectivity index (χ0v) is 13.1. The predicted octanol–water partition coefficient (Wildman–Crippen LogP) is 0.882. The maximum Gasteiger partial charge on any atom is 0.319 e. The number of urea groups is 1. The Bertz CT molecular complexity index is 535. The number of rotatable bonds is 7. The van der Waals surface area contributed by atoms with Crippen molar-refractivity contribution in [3.63, 3.8) is 0 Å². The first-order valence-electron chi connectivity index (χ1n) is 7.54. The Hall–Kier alpha value is -2.35. The van der Waals surface area contributed by atoms with Crippen molar-refractivity contribution in [3.05, 3.63) is 18.3 Å². The van der Waals surface area contributed by atoms with Gasteiger partial charge in [-0.15, -0.1) is 0 Å². The molecule has 0 bridgehead atoms. The third-order valence-corrected chi connectivity index (χ3v) is 3.73. The third-order valence-electron chi connectivity index (χ3n) is 3.73. The number of carbonyl (C=O) groups excluding carboxylic acids is 2. The highest BCUT2D eigenvalue weighted by molar-refractivity contribution is 5.90. The van der Waals surface area contributed by atoms with Crippen LogP contribution >= 0.6 is 0 Å². The summed E-state index contributed by atoms with van der Waals surface area (Å²) in [6.07, 6.45) is 3.86. The van der Waals surface area contributed by atoms with Crippen LogP contribution in [0.4, 0.5) is 10.5 Å². The summed E-state index contributed by atoms with van der Waals surface area (Å²) in [4.78, 5) is 27.4. The van der Waals surface area contributed by atoms with Gasteiger partial charge in [-0.1, -0.05) is 6.42 Å². The van der Waals surface area contributed by atoms with Crippen molar-refractivity contribution in [1.82, 2.24) is 10.3 Å². The van der Waals surface area contributed by atoms with Gasteiger partial charge in [0.05, 0.1) is 24.4 Å². The lowest BCUT2D eigenvalue weighted by molar-refractivity contribution is -0.122. The third kappa shape index (κ3) is 5.10. The molecule has 23 heavy (non-hydrogen) atoms. The Kier molecular flexibility index (Phi) is 6.16. The fraction of sp³-hybridized carbons (Fsp3) is 0.533. The van der Waals surface area contributed by atoms with Crippen molar-refractivity contribution in [2.45, 2.75) is 25.3 Å². The monoisotopic (exact) mass is 322 g/mol. The van der Waals surface area contributed by atoms with E-state index in [2.05, 4.69) is 15.6 Å². The molecule has 1 fully saturated rings. The highest BCUT2D eigenvalue weighted by atomic mass is 16.5. The van der Waals surface area contributed by atoms with Crippen LogP contribution in [0.5, 0.6) is 5.88 Å². The van der Waals surface area contributed by atoms with E-state index in [4.69, 9.17) is 15.2 Å². The molecule has 0 aliphatic heterocycles. The number of hydrogen-bond donors (Lipinski definition) is 3. The first kappa shape index (κ1) is 17.0. The van der Waals surface area contributed by atoms with Gasteiger partial charge in [0.1, 0.15) is 6.61 Å². The lowest BCUT2D eigenvalue weighted by atomic mass is 10.0. The smallest absolute Gasteiger partial charge is 0.319 e. The maximum absolute atomic E-state index is 12.0. The van der Waals surface area contributed by atoms with Crippen LogP contribution in [0.25, 0.3) is 0 Å². The first-order chi connectivity index (χ1) is 11.1. The second kappa shape index (κ2) is 8.33. The van der Waals surface area contributed by atoms with E-state index in [0.29, 0.717) is 24.8 Å². The number of nitrogens with one attached hydrogen (secondary N) is 2. The molecule has 1 saturated carbocycles. The van der Waals surface area contributed by atoms with E-state index < -0.39 is 0 Å². The number of pyridine rings is 1. The minimum absolute atomic E-state index is 0.211. The highest BCUT2D eigenvalue weighted by Gasteiger charge is 2.32. The molecule has 0 aromatic carbocycles. The summed E-state index contributed by atoms with van der Waals surface area (Å²) in [7, 11) is 1.59. The van der Waals surface area contributed by atoms with Gasteiger partial charge in [0.15, 0.2) is 0 Å². The van der Waals surface area contributed by atoms with E-state index in [-0.39, 0.29) is 23.9 Å². The van der Waals surface area contributed by atoms with E-state index in [1.165, 1.54) is 6.20 Å². The summed E-state index contributed by atoms with van der Waals surface area (Å²) in [5.41, 5.74) is 5.88. The number of hydrogen-bond acceptors (Lipinski definition) is 5. The Balaban J connectivity index is 1.82. The number of anilines is 1. The van der Waals surface area contributed by atoms with Gasteiger partial charge in [0, 0.05) is 19.2 Å². The molecule has 8 nitrogen and oxygen atoms in total. The van der Waals surface area contributed by atoms with Gasteiger partial charge in [-0.2, -0.15) is 0 Å². The van der Waals surface area contributed by atoms with Gasteiger partial charge in [0.25, 0.3) is 0 Å². The van der Waals surface area contributed by atoms with E-state index in [0.717, 1.165) is 19.3 Å². The number of nitrogens with zero attached hydrogens (tertiary/aromatic N) is 1. The Morgan fingerprint density at radius 1 is 1.35 bits per heavy atom. The van der Waals surface area contributed by atoms with Gasteiger partial charge >= 0.3 is 6.03 Å². The molecule has 0 saturated heterocycles. The molecule has 0 unspecified atom stereocenters. The molecule has 1 aromatic heterocycles. The number of amides is 3. The van der Waals surface area contributed by atoms with Crippen LogP contribution in [0.3, 0.4) is 0 Å². The topological polar surface area (TPSA) is 116 Å². The normalized spacial score (nSPS) is 20.0. The largest absolute Gasteiger partial charge is 0.475 e. The van der Waals surface area contributed by atoms with Crippen LogP contribution in [-0.2, 0) is 9.53 Å². The van der Waals surface area contributed by atoms with E-state index in [1.54, 1.807) is 19.2 Å². The van der Waals surface area contributed by atoms with Crippen molar-refractivity contribution in [1.29, 1.82) is 0 Å². The van der Waals surface area contributed by atoms with E-state index in [1.807, 2.05) is 0 Å².